The first-order valence-corrected chi connectivity index (χ1v) is 9.30. The Kier molecular flexibility index (Phi) is 7.46. The number of hydrogen-bond donors (Lipinski definition) is 2. The number of carbonyl (C=O) groups is 1. The summed E-state index contributed by atoms with van der Waals surface area (Å²) in [7, 11) is 1.59. The fraction of sp³-hybridized carbons (Fsp3) is 0.222. The molecule has 0 fully saturated rings. The standard InChI is InChI=1S/C18H19Br2N3O2/c1-3-16(22-15-7-4-13(19)5-8-15)18(24)23-21-11-12-10-14(20)6-9-17(12)25-2/h4-11,16,22H,3H2,1-2H3,(H,23,24)/b21-11-/t16-/m1/s1. The van der Waals surface area contributed by atoms with Gasteiger partial charge in [-0.2, -0.15) is 5.10 Å². The molecule has 0 aliphatic heterocycles. The van der Waals surface area contributed by atoms with Gasteiger partial charge in [-0.05, 0) is 48.9 Å². The smallest absolute Gasteiger partial charge is 0.262 e. The number of hydrazone groups is 1. The molecule has 0 heterocycles. The summed E-state index contributed by atoms with van der Waals surface area (Å²) in [5.74, 6) is 0.483. The number of nitrogens with one attached hydrogen (secondary N) is 2. The van der Waals surface area contributed by atoms with Crippen LogP contribution in [0.25, 0.3) is 0 Å². The number of methoxy groups -OCH3 is 1. The predicted molar refractivity (Wildman–Crippen MR) is 108 cm³/mol. The lowest BCUT2D eigenvalue weighted by atomic mass is 10.2. The molecule has 25 heavy (non-hydrogen) atoms. The van der Waals surface area contributed by atoms with Crippen molar-refractivity contribution in [2.24, 2.45) is 5.10 Å². The Morgan fingerprint density at radius 1 is 1.20 bits per heavy atom. The van der Waals surface area contributed by atoms with Gasteiger partial charge >= 0.3 is 0 Å². The van der Waals surface area contributed by atoms with Crippen LogP contribution in [0.4, 0.5) is 5.69 Å². The molecular formula is C18H19Br2N3O2. The van der Waals surface area contributed by atoms with E-state index in [0.717, 1.165) is 20.2 Å². The summed E-state index contributed by atoms with van der Waals surface area (Å²) in [5, 5.41) is 7.24. The van der Waals surface area contributed by atoms with Crippen molar-refractivity contribution in [3.8, 4) is 5.75 Å². The molecule has 0 aliphatic carbocycles. The summed E-state index contributed by atoms with van der Waals surface area (Å²) in [6.45, 7) is 1.94. The zero-order chi connectivity index (χ0) is 18.2. The number of carbonyl (C=O) groups excluding carboxylic acids is 1. The third-order valence-corrected chi connectivity index (χ3v) is 4.50. The zero-order valence-electron chi connectivity index (χ0n) is 13.9. The van der Waals surface area contributed by atoms with Gasteiger partial charge in [0, 0.05) is 20.2 Å². The van der Waals surface area contributed by atoms with Crippen molar-refractivity contribution in [2.45, 2.75) is 19.4 Å². The molecule has 0 aromatic heterocycles. The Morgan fingerprint density at radius 3 is 2.52 bits per heavy atom. The third kappa shape index (κ3) is 5.86. The maximum Gasteiger partial charge on any atom is 0.262 e. The predicted octanol–water partition coefficient (Wildman–Crippen LogP) is 4.56. The van der Waals surface area contributed by atoms with Gasteiger partial charge in [-0.1, -0.05) is 38.8 Å². The fourth-order valence-electron chi connectivity index (χ4n) is 2.15. The lowest BCUT2D eigenvalue weighted by molar-refractivity contribution is -0.121. The second-order valence-corrected chi connectivity index (χ2v) is 7.06. The fourth-order valence-corrected chi connectivity index (χ4v) is 2.79. The van der Waals surface area contributed by atoms with Gasteiger partial charge in [0.15, 0.2) is 0 Å². The molecule has 132 valence electrons. The molecule has 0 saturated heterocycles. The number of benzene rings is 2. The van der Waals surface area contributed by atoms with Crippen molar-refractivity contribution >= 4 is 49.7 Å². The first-order chi connectivity index (χ1) is 12.0. The monoisotopic (exact) mass is 467 g/mol. The summed E-state index contributed by atoms with van der Waals surface area (Å²) in [5.41, 5.74) is 4.22. The summed E-state index contributed by atoms with van der Waals surface area (Å²) in [6, 6.07) is 12.9. The summed E-state index contributed by atoms with van der Waals surface area (Å²) < 4.78 is 7.17. The van der Waals surface area contributed by atoms with Crippen LogP contribution in [0.15, 0.2) is 56.5 Å². The molecule has 0 saturated carbocycles. The Hall–Kier alpha value is -1.86. The van der Waals surface area contributed by atoms with E-state index >= 15 is 0 Å². The van der Waals surface area contributed by atoms with Gasteiger partial charge < -0.3 is 10.1 Å². The second-order valence-electron chi connectivity index (χ2n) is 5.23. The lowest BCUT2D eigenvalue weighted by Crippen LogP contribution is -2.36. The molecule has 5 nitrogen and oxygen atoms in total. The number of halogens is 2. The topological polar surface area (TPSA) is 62.7 Å². The molecule has 1 amide bonds. The van der Waals surface area contributed by atoms with Crippen LogP contribution in [0.2, 0.25) is 0 Å². The number of rotatable bonds is 7. The molecule has 0 bridgehead atoms. The van der Waals surface area contributed by atoms with Gasteiger partial charge in [-0.15, -0.1) is 0 Å². The van der Waals surface area contributed by atoms with Crippen LogP contribution in [0, 0.1) is 0 Å². The van der Waals surface area contributed by atoms with Gasteiger partial charge in [-0.3, -0.25) is 4.79 Å². The zero-order valence-corrected chi connectivity index (χ0v) is 17.1. The van der Waals surface area contributed by atoms with Gasteiger partial charge in [0.05, 0.1) is 13.3 Å². The van der Waals surface area contributed by atoms with E-state index in [1.165, 1.54) is 0 Å². The first kappa shape index (κ1) is 19.5. The Bertz CT molecular complexity index is 748. The minimum absolute atomic E-state index is 0.198. The van der Waals surface area contributed by atoms with Crippen LogP contribution in [-0.4, -0.2) is 25.3 Å². The summed E-state index contributed by atoms with van der Waals surface area (Å²) in [4.78, 5) is 12.3. The number of anilines is 1. The molecule has 2 rings (SSSR count). The average Bonchev–Trinajstić information content (AvgIpc) is 2.61. The maximum atomic E-state index is 12.3. The Morgan fingerprint density at radius 2 is 1.88 bits per heavy atom. The van der Waals surface area contributed by atoms with Crippen molar-refractivity contribution < 1.29 is 9.53 Å². The number of hydrogen-bond acceptors (Lipinski definition) is 4. The van der Waals surface area contributed by atoms with E-state index < -0.39 is 0 Å². The minimum atomic E-state index is -0.372. The van der Waals surface area contributed by atoms with E-state index in [0.29, 0.717) is 12.2 Å². The number of ether oxygens (including phenoxy) is 1. The van der Waals surface area contributed by atoms with Gasteiger partial charge in [0.1, 0.15) is 11.8 Å². The molecule has 2 aromatic rings. The quantitative estimate of drug-likeness (QED) is 0.462. The second kappa shape index (κ2) is 9.58. The van der Waals surface area contributed by atoms with Crippen molar-refractivity contribution in [3.63, 3.8) is 0 Å². The summed E-state index contributed by atoms with van der Waals surface area (Å²) >= 11 is 6.80. The molecule has 2 N–H and O–H groups in total. The summed E-state index contributed by atoms with van der Waals surface area (Å²) in [6.07, 6.45) is 2.20. The Labute approximate surface area is 164 Å². The molecule has 0 aliphatic rings. The molecule has 1 atom stereocenters. The van der Waals surface area contributed by atoms with E-state index in [4.69, 9.17) is 4.74 Å². The molecule has 0 unspecified atom stereocenters. The van der Waals surface area contributed by atoms with Crippen LogP contribution in [0.3, 0.4) is 0 Å². The average molecular weight is 469 g/mol. The molecule has 0 radical (unpaired) electrons. The van der Waals surface area contributed by atoms with Gasteiger partial charge in [-0.25, -0.2) is 5.43 Å². The molecular weight excluding hydrogens is 450 g/mol. The van der Waals surface area contributed by atoms with E-state index in [9.17, 15) is 4.79 Å². The largest absolute Gasteiger partial charge is 0.496 e. The van der Waals surface area contributed by atoms with Crippen LogP contribution >= 0.6 is 31.9 Å². The maximum absolute atomic E-state index is 12.3. The first-order valence-electron chi connectivity index (χ1n) is 7.72. The lowest BCUT2D eigenvalue weighted by Gasteiger charge is -2.16. The number of nitrogens with zero attached hydrogens (tertiary/aromatic N) is 1. The third-order valence-electron chi connectivity index (χ3n) is 3.48. The van der Waals surface area contributed by atoms with Crippen molar-refractivity contribution in [2.75, 3.05) is 12.4 Å². The van der Waals surface area contributed by atoms with E-state index in [1.54, 1.807) is 13.3 Å². The van der Waals surface area contributed by atoms with E-state index in [-0.39, 0.29) is 11.9 Å². The van der Waals surface area contributed by atoms with Crippen LogP contribution in [0.1, 0.15) is 18.9 Å². The van der Waals surface area contributed by atoms with Crippen molar-refractivity contribution in [1.82, 2.24) is 5.43 Å². The van der Waals surface area contributed by atoms with Crippen LogP contribution < -0.4 is 15.5 Å². The Balaban J connectivity index is 2.00. The highest BCUT2D eigenvalue weighted by molar-refractivity contribution is 9.10. The minimum Gasteiger partial charge on any atom is -0.496 e. The molecule has 7 heteroatoms. The number of amides is 1. The van der Waals surface area contributed by atoms with Crippen LogP contribution in [0.5, 0.6) is 5.75 Å². The van der Waals surface area contributed by atoms with Crippen molar-refractivity contribution in [1.29, 1.82) is 0 Å². The highest BCUT2D eigenvalue weighted by Gasteiger charge is 2.15. The van der Waals surface area contributed by atoms with E-state index in [2.05, 4.69) is 47.7 Å². The highest BCUT2D eigenvalue weighted by Crippen LogP contribution is 2.21. The van der Waals surface area contributed by atoms with Gasteiger partial charge in [0.25, 0.3) is 5.91 Å². The van der Waals surface area contributed by atoms with Crippen LogP contribution in [-0.2, 0) is 4.79 Å². The normalized spacial score (nSPS) is 12.0. The van der Waals surface area contributed by atoms with Crippen molar-refractivity contribution in [3.05, 3.63) is 57.0 Å². The SMILES string of the molecule is CC[C@@H](Nc1ccc(Br)cc1)C(=O)N/N=C\c1cc(Br)ccc1OC. The van der Waals surface area contributed by atoms with Gasteiger partial charge in [0.2, 0.25) is 0 Å². The molecule has 2 aromatic carbocycles. The highest BCUT2D eigenvalue weighted by atomic mass is 79.9. The molecule has 0 spiro atoms. The van der Waals surface area contributed by atoms with E-state index in [1.807, 2.05) is 49.4 Å².